The number of benzene rings is 1. The molecule has 0 saturated carbocycles. The van der Waals surface area contributed by atoms with Crippen LogP contribution in [0.25, 0.3) is 0 Å². The summed E-state index contributed by atoms with van der Waals surface area (Å²) in [5, 5.41) is 18.7. The van der Waals surface area contributed by atoms with Gasteiger partial charge in [0.25, 0.3) is 0 Å². The van der Waals surface area contributed by atoms with Gasteiger partial charge in [0.15, 0.2) is 5.78 Å². The average Bonchev–Trinajstić information content (AvgIpc) is 2.70. The number of ether oxygens (including phenoxy) is 2. The number of carbonyl (C=O) groups excluding carboxylic acids is 1. The van der Waals surface area contributed by atoms with Crippen molar-refractivity contribution in [2.45, 2.75) is 74.1 Å². The van der Waals surface area contributed by atoms with Crippen LogP contribution in [0.4, 0.5) is 0 Å². The van der Waals surface area contributed by atoms with E-state index in [4.69, 9.17) is 9.47 Å². The first-order valence-electron chi connectivity index (χ1n) is 11.1. The lowest BCUT2D eigenvalue weighted by Gasteiger charge is -2.38. The van der Waals surface area contributed by atoms with Gasteiger partial charge in [-0.05, 0) is 70.6 Å². The Labute approximate surface area is 191 Å². The monoisotopic (exact) mass is 450 g/mol. The molecule has 0 spiro atoms. The first kappa shape index (κ1) is 27.5. The predicted molar refractivity (Wildman–Crippen MR) is 123 cm³/mol. The fraction of sp³-hybridized carbons (Fsp3) is 0.640. The molecule has 0 atom stereocenters. The van der Waals surface area contributed by atoms with Crippen LogP contribution >= 0.6 is 0 Å². The number of aliphatic carboxylic acids is 2. The minimum Gasteiger partial charge on any atom is -0.494 e. The molecule has 0 amide bonds. The van der Waals surface area contributed by atoms with E-state index in [-0.39, 0.29) is 12.4 Å². The third-order valence-corrected chi connectivity index (χ3v) is 6.58. The minimum absolute atomic E-state index is 0.0809. The third-order valence-electron chi connectivity index (χ3n) is 6.58. The van der Waals surface area contributed by atoms with Gasteiger partial charge in [-0.3, -0.25) is 14.4 Å². The van der Waals surface area contributed by atoms with Crippen LogP contribution in [0.2, 0.25) is 0 Å². The molecule has 180 valence electrons. The molecule has 0 aromatic heterocycles. The molecular weight excluding hydrogens is 412 g/mol. The Hall–Kier alpha value is -2.57. The maximum atomic E-state index is 12.5. The van der Waals surface area contributed by atoms with Crippen LogP contribution in [0.5, 0.6) is 11.5 Å². The standard InChI is InChI=1S/C25H38O7/c1-8-19(26)18-16-17(31-14-9-12-23(2,3)21(27)28)10-11-20(18)32-15-13-24(4,5)25(6,7)22(29)30/h10-11,16H,8-9,12-15H2,1-7H3,(H,27,28)(H,29,30). The number of carboxylic acid groups (broad SMARTS) is 2. The molecule has 7 heteroatoms. The Morgan fingerprint density at radius 2 is 1.50 bits per heavy atom. The summed E-state index contributed by atoms with van der Waals surface area (Å²) in [6.45, 7) is 12.9. The Morgan fingerprint density at radius 3 is 2.03 bits per heavy atom. The second kappa shape index (κ2) is 10.8. The van der Waals surface area contributed by atoms with Crippen molar-refractivity contribution in [2.75, 3.05) is 13.2 Å². The van der Waals surface area contributed by atoms with Gasteiger partial charge in [-0.1, -0.05) is 20.8 Å². The molecule has 0 fully saturated rings. The van der Waals surface area contributed by atoms with Crippen molar-refractivity contribution in [3.63, 3.8) is 0 Å². The molecule has 0 aliphatic heterocycles. The lowest BCUT2D eigenvalue weighted by Crippen LogP contribution is -2.40. The maximum Gasteiger partial charge on any atom is 0.309 e. The van der Waals surface area contributed by atoms with Crippen molar-refractivity contribution in [1.29, 1.82) is 0 Å². The maximum absolute atomic E-state index is 12.5. The Bertz CT molecular complexity index is 822. The van der Waals surface area contributed by atoms with Crippen LogP contribution < -0.4 is 9.47 Å². The zero-order chi connectivity index (χ0) is 24.7. The SMILES string of the molecule is CCC(=O)c1cc(OCCCC(C)(C)C(=O)O)ccc1OCCC(C)(C)C(C)(C)C(=O)O. The van der Waals surface area contributed by atoms with Crippen LogP contribution in [0.15, 0.2) is 18.2 Å². The number of hydrogen-bond acceptors (Lipinski definition) is 5. The normalized spacial score (nSPS) is 12.3. The summed E-state index contributed by atoms with van der Waals surface area (Å²) in [5.74, 6) is -0.820. The van der Waals surface area contributed by atoms with E-state index in [0.717, 1.165) is 0 Å². The number of rotatable bonds is 14. The van der Waals surface area contributed by atoms with Crippen molar-refractivity contribution in [2.24, 2.45) is 16.2 Å². The van der Waals surface area contributed by atoms with E-state index in [2.05, 4.69) is 0 Å². The number of Topliss-reactive ketones (excluding diaryl/α,β-unsaturated/α-hetero) is 1. The molecule has 0 bridgehead atoms. The van der Waals surface area contributed by atoms with Crippen molar-refractivity contribution >= 4 is 17.7 Å². The number of carbonyl (C=O) groups is 3. The van der Waals surface area contributed by atoms with Crippen LogP contribution in [0.1, 0.15) is 84.5 Å². The van der Waals surface area contributed by atoms with Gasteiger partial charge in [-0.15, -0.1) is 0 Å². The summed E-state index contributed by atoms with van der Waals surface area (Å²) < 4.78 is 11.6. The van der Waals surface area contributed by atoms with E-state index < -0.39 is 28.2 Å². The van der Waals surface area contributed by atoms with E-state index >= 15 is 0 Å². The molecule has 0 unspecified atom stereocenters. The highest BCUT2D eigenvalue weighted by Gasteiger charge is 2.43. The first-order valence-corrected chi connectivity index (χ1v) is 11.1. The van der Waals surface area contributed by atoms with Gasteiger partial charge in [0.05, 0.1) is 29.6 Å². The van der Waals surface area contributed by atoms with Crippen molar-refractivity contribution in [3.8, 4) is 11.5 Å². The highest BCUT2D eigenvalue weighted by atomic mass is 16.5. The summed E-state index contributed by atoms with van der Waals surface area (Å²) in [7, 11) is 0. The summed E-state index contributed by atoms with van der Waals surface area (Å²) in [4.78, 5) is 35.2. The second-order valence-corrected chi connectivity index (χ2v) is 9.99. The van der Waals surface area contributed by atoms with Gasteiger partial charge in [0.2, 0.25) is 0 Å². The van der Waals surface area contributed by atoms with Crippen molar-refractivity contribution < 1.29 is 34.1 Å². The van der Waals surface area contributed by atoms with E-state index in [1.54, 1.807) is 52.8 Å². The fourth-order valence-corrected chi connectivity index (χ4v) is 2.96. The van der Waals surface area contributed by atoms with Gasteiger partial charge in [-0.2, -0.15) is 0 Å². The smallest absolute Gasteiger partial charge is 0.309 e. The summed E-state index contributed by atoms with van der Waals surface area (Å²) in [6.07, 6.45) is 1.86. The average molecular weight is 451 g/mol. The van der Waals surface area contributed by atoms with Gasteiger partial charge in [-0.25, -0.2) is 0 Å². The molecule has 0 radical (unpaired) electrons. The fourth-order valence-electron chi connectivity index (χ4n) is 2.96. The van der Waals surface area contributed by atoms with Crippen LogP contribution in [0.3, 0.4) is 0 Å². The van der Waals surface area contributed by atoms with E-state index in [9.17, 15) is 24.6 Å². The van der Waals surface area contributed by atoms with E-state index in [1.165, 1.54) is 0 Å². The van der Waals surface area contributed by atoms with Crippen LogP contribution in [-0.4, -0.2) is 41.1 Å². The lowest BCUT2D eigenvalue weighted by molar-refractivity contribution is -0.154. The van der Waals surface area contributed by atoms with E-state index in [1.807, 2.05) is 13.8 Å². The zero-order valence-corrected chi connectivity index (χ0v) is 20.4. The van der Waals surface area contributed by atoms with Crippen LogP contribution in [-0.2, 0) is 9.59 Å². The number of hydrogen-bond donors (Lipinski definition) is 2. The molecule has 32 heavy (non-hydrogen) atoms. The Kier molecular flexibility index (Phi) is 9.30. The predicted octanol–water partition coefficient (Wildman–Crippen LogP) is 5.46. The zero-order valence-electron chi connectivity index (χ0n) is 20.4. The molecule has 1 rings (SSSR count). The van der Waals surface area contributed by atoms with E-state index in [0.29, 0.717) is 49.4 Å². The lowest BCUT2D eigenvalue weighted by atomic mass is 9.66. The second-order valence-electron chi connectivity index (χ2n) is 9.99. The summed E-state index contributed by atoms with van der Waals surface area (Å²) >= 11 is 0. The highest BCUT2D eigenvalue weighted by Crippen LogP contribution is 2.41. The largest absolute Gasteiger partial charge is 0.494 e. The number of carboxylic acids is 2. The molecule has 1 aromatic rings. The topological polar surface area (TPSA) is 110 Å². The molecule has 0 aliphatic carbocycles. The molecule has 7 nitrogen and oxygen atoms in total. The van der Waals surface area contributed by atoms with Gasteiger partial charge in [0.1, 0.15) is 11.5 Å². The van der Waals surface area contributed by atoms with Crippen molar-refractivity contribution in [1.82, 2.24) is 0 Å². The van der Waals surface area contributed by atoms with Crippen LogP contribution in [0, 0.1) is 16.2 Å². The third kappa shape index (κ3) is 6.97. The Morgan fingerprint density at radius 1 is 0.875 bits per heavy atom. The quantitative estimate of drug-likeness (QED) is 0.286. The van der Waals surface area contributed by atoms with Gasteiger partial charge < -0.3 is 19.7 Å². The molecular formula is C25H38O7. The molecule has 1 aromatic carbocycles. The van der Waals surface area contributed by atoms with Gasteiger partial charge >= 0.3 is 11.9 Å². The molecule has 0 heterocycles. The Balaban J connectivity index is 2.82. The summed E-state index contributed by atoms with van der Waals surface area (Å²) in [6, 6.07) is 5.06. The molecule has 0 aliphatic rings. The number of ketones is 1. The van der Waals surface area contributed by atoms with Crippen molar-refractivity contribution in [3.05, 3.63) is 23.8 Å². The first-order chi connectivity index (χ1) is 14.7. The molecule has 2 N–H and O–H groups in total. The minimum atomic E-state index is -0.925. The summed E-state index contributed by atoms with van der Waals surface area (Å²) in [5.41, 5.74) is -1.83. The highest BCUT2D eigenvalue weighted by molar-refractivity contribution is 5.98. The van der Waals surface area contributed by atoms with Gasteiger partial charge in [0, 0.05) is 6.42 Å². The molecule has 0 saturated heterocycles.